The van der Waals surface area contributed by atoms with Gasteiger partial charge in [0.05, 0.1) is 38.6 Å². The maximum Gasteiger partial charge on any atom is 0.343 e. The van der Waals surface area contributed by atoms with Crippen LogP contribution in [0.3, 0.4) is 0 Å². The summed E-state index contributed by atoms with van der Waals surface area (Å²) in [6, 6.07) is 9.69. The molecule has 32 heavy (non-hydrogen) atoms. The third-order valence-electron chi connectivity index (χ3n) is 3.99. The number of hydrogen-bond donors (Lipinski definition) is 2. The Labute approximate surface area is 193 Å². The van der Waals surface area contributed by atoms with Gasteiger partial charge in [-0.25, -0.2) is 10.2 Å². The number of rotatable bonds is 10. The van der Waals surface area contributed by atoms with E-state index in [1.54, 1.807) is 30.3 Å². The van der Waals surface area contributed by atoms with Gasteiger partial charge in [0, 0.05) is 5.56 Å². The van der Waals surface area contributed by atoms with Crippen LogP contribution in [0.1, 0.15) is 15.9 Å². The number of hydrogen-bond acceptors (Lipinski definition) is 8. The molecule has 0 saturated heterocycles. The number of amides is 2. The fourth-order valence-corrected chi connectivity index (χ4v) is 2.88. The Morgan fingerprint density at radius 1 is 1.00 bits per heavy atom. The van der Waals surface area contributed by atoms with Gasteiger partial charge in [0.1, 0.15) is 5.75 Å². The first-order valence-corrected chi connectivity index (χ1v) is 9.98. The first-order chi connectivity index (χ1) is 15.4. The van der Waals surface area contributed by atoms with E-state index in [0.717, 1.165) is 0 Å². The minimum absolute atomic E-state index is 0.215. The lowest BCUT2D eigenvalue weighted by atomic mass is 10.2. The molecule has 0 aliphatic rings. The number of esters is 1. The fourth-order valence-electron chi connectivity index (χ4n) is 2.37. The summed E-state index contributed by atoms with van der Waals surface area (Å²) in [5.41, 5.74) is 3.31. The van der Waals surface area contributed by atoms with Gasteiger partial charge < -0.3 is 24.3 Å². The van der Waals surface area contributed by atoms with Crippen LogP contribution in [0.2, 0.25) is 0 Å². The molecule has 0 spiro atoms. The summed E-state index contributed by atoms with van der Waals surface area (Å²) in [5.74, 6) is -0.102. The summed E-state index contributed by atoms with van der Waals surface area (Å²) in [4.78, 5) is 35.3. The number of hydrazone groups is 1. The molecular formula is C21H22BrN3O7. The van der Waals surface area contributed by atoms with Crippen LogP contribution in [-0.2, 0) is 14.3 Å². The summed E-state index contributed by atoms with van der Waals surface area (Å²) >= 11 is 3.33. The second-order valence-electron chi connectivity index (χ2n) is 6.10. The second-order valence-corrected chi connectivity index (χ2v) is 6.95. The molecule has 2 aromatic rings. The highest BCUT2D eigenvalue weighted by Crippen LogP contribution is 2.27. The highest BCUT2D eigenvalue weighted by molar-refractivity contribution is 9.10. The topological polar surface area (TPSA) is 125 Å². The molecule has 0 aliphatic carbocycles. The number of benzene rings is 2. The zero-order valence-electron chi connectivity index (χ0n) is 17.6. The van der Waals surface area contributed by atoms with Gasteiger partial charge in [-0.3, -0.25) is 9.59 Å². The van der Waals surface area contributed by atoms with Crippen LogP contribution in [-0.4, -0.2) is 58.5 Å². The van der Waals surface area contributed by atoms with Crippen molar-refractivity contribution in [2.24, 2.45) is 5.10 Å². The van der Waals surface area contributed by atoms with Gasteiger partial charge in [0.25, 0.3) is 11.8 Å². The molecule has 0 saturated carbocycles. The Bertz CT molecular complexity index is 1010. The van der Waals surface area contributed by atoms with Gasteiger partial charge in [-0.15, -0.1) is 0 Å². The Hall–Kier alpha value is -3.60. The number of ether oxygens (including phenoxy) is 4. The van der Waals surface area contributed by atoms with Crippen molar-refractivity contribution in [1.29, 1.82) is 0 Å². The van der Waals surface area contributed by atoms with Gasteiger partial charge in [0.2, 0.25) is 0 Å². The first-order valence-electron chi connectivity index (χ1n) is 9.19. The quantitative estimate of drug-likeness (QED) is 0.285. The van der Waals surface area contributed by atoms with Gasteiger partial charge >= 0.3 is 5.97 Å². The smallest absolute Gasteiger partial charge is 0.343 e. The number of halogens is 1. The normalized spacial score (nSPS) is 10.4. The molecule has 2 amide bonds. The average molecular weight is 508 g/mol. The molecule has 0 unspecified atom stereocenters. The van der Waals surface area contributed by atoms with Crippen molar-refractivity contribution in [2.75, 3.05) is 34.5 Å². The molecule has 0 fully saturated rings. The van der Waals surface area contributed by atoms with Crippen LogP contribution >= 0.6 is 15.9 Å². The van der Waals surface area contributed by atoms with Crippen molar-refractivity contribution in [3.05, 3.63) is 52.0 Å². The van der Waals surface area contributed by atoms with Gasteiger partial charge in [0.15, 0.2) is 18.1 Å². The highest BCUT2D eigenvalue weighted by atomic mass is 79.9. The molecule has 11 heteroatoms. The van der Waals surface area contributed by atoms with E-state index in [1.165, 1.54) is 33.6 Å². The lowest BCUT2D eigenvalue weighted by molar-refractivity contribution is -0.142. The van der Waals surface area contributed by atoms with E-state index in [9.17, 15) is 14.4 Å². The fraction of sp³-hybridized carbons (Fsp3) is 0.238. The zero-order valence-corrected chi connectivity index (χ0v) is 19.2. The monoisotopic (exact) mass is 507 g/mol. The number of carbonyl (C=O) groups excluding carboxylic acids is 3. The third kappa shape index (κ3) is 7.27. The molecule has 2 rings (SSSR count). The van der Waals surface area contributed by atoms with E-state index >= 15 is 0 Å². The first kappa shape index (κ1) is 24.7. The van der Waals surface area contributed by atoms with E-state index in [2.05, 4.69) is 36.5 Å². The molecule has 0 atom stereocenters. The average Bonchev–Trinajstić information content (AvgIpc) is 2.81. The summed E-state index contributed by atoms with van der Waals surface area (Å²) in [6.45, 7) is -0.484. The van der Waals surface area contributed by atoms with E-state index in [1.807, 2.05) is 0 Å². The Balaban J connectivity index is 1.84. The van der Waals surface area contributed by atoms with Crippen LogP contribution in [0.15, 0.2) is 46.0 Å². The zero-order chi connectivity index (χ0) is 23.5. The van der Waals surface area contributed by atoms with E-state index in [4.69, 9.17) is 14.2 Å². The van der Waals surface area contributed by atoms with Crippen LogP contribution in [0, 0.1) is 0 Å². The summed E-state index contributed by atoms with van der Waals surface area (Å²) in [5, 5.41) is 6.35. The Morgan fingerprint density at radius 3 is 2.38 bits per heavy atom. The molecule has 2 aromatic carbocycles. The summed E-state index contributed by atoms with van der Waals surface area (Å²) in [6.07, 6.45) is 1.42. The molecule has 0 heterocycles. The molecule has 170 valence electrons. The minimum Gasteiger partial charge on any atom is -0.493 e. The van der Waals surface area contributed by atoms with Gasteiger partial charge in [-0.2, -0.15) is 5.10 Å². The van der Waals surface area contributed by atoms with Crippen molar-refractivity contribution in [3.8, 4) is 17.2 Å². The molecule has 0 aliphatic heterocycles. The van der Waals surface area contributed by atoms with Gasteiger partial charge in [-0.1, -0.05) is 0 Å². The maximum absolute atomic E-state index is 12.2. The molecular weight excluding hydrogens is 486 g/mol. The van der Waals surface area contributed by atoms with E-state index in [-0.39, 0.29) is 13.2 Å². The molecule has 2 N–H and O–H groups in total. The molecule has 0 aromatic heterocycles. The van der Waals surface area contributed by atoms with Crippen molar-refractivity contribution in [2.45, 2.75) is 0 Å². The van der Waals surface area contributed by atoms with Crippen LogP contribution in [0.25, 0.3) is 0 Å². The minimum atomic E-state index is -0.507. The SMILES string of the molecule is COC(=O)COc1ccc(/C=N/NC(=O)CNC(=O)c2ccc(OC)c(OC)c2)cc1Br. The van der Waals surface area contributed by atoms with Gasteiger partial charge in [-0.05, 0) is 57.9 Å². The van der Waals surface area contributed by atoms with E-state index in [0.29, 0.717) is 32.8 Å². The van der Waals surface area contributed by atoms with Crippen molar-refractivity contribution < 1.29 is 33.3 Å². The lowest BCUT2D eigenvalue weighted by Gasteiger charge is -2.09. The molecule has 0 radical (unpaired) electrons. The Morgan fingerprint density at radius 2 is 1.72 bits per heavy atom. The summed E-state index contributed by atoms with van der Waals surface area (Å²) in [7, 11) is 4.23. The number of carbonyl (C=O) groups is 3. The van der Waals surface area contributed by atoms with Crippen LogP contribution in [0.5, 0.6) is 17.2 Å². The maximum atomic E-state index is 12.2. The third-order valence-corrected chi connectivity index (χ3v) is 4.61. The molecule has 10 nitrogen and oxygen atoms in total. The second kappa shape index (κ2) is 12.3. The predicted octanol–water partition coefficient (Wildman–Crippen LogP) is 1.90. The lowest BCUT2D eigenvalue weighted by Crippen LogP contribution is -2.34. The Kier molecular flexibility index (Phi) is 9.48. The number of nitrogens with zero attached hydrogens (tertiary/aromatic N) is 1. The highest BCUT2D eigenvalue weighted by Gasteiger charge is 2.12. The number of methoxy groups -OCH3 is 3. The summed E-state index contributed by atoms with van der Waals surface area (Å²) < 4.78 is 20.7. The van der Waals surface area contributed by atoms with Crippen LogP contribution in [0.4, 0.5) is 0 Å². The van der Waals surface area contributed by atoms with Crippen molar-refractivity contribution in [1.82, 2.24) is 10.7 Å². The van der Waals surface area contributed by atoms with E-state index < -0.39 is 17.8 Å². The number of nitrogens with one attached hydrogen (secondary N) is 2. The molecule has 0 bridgehead atoms. The van der Waals surface area contributed by atoms with Crippen molar-refractivity contribution >= 4 is 39.9 Å². The van der Waals surface area contributed by atoms with Crippen LogP contribution < -0.4 is 25.0 Å². The predicted molar refractivity (Wildman–Crippen MR) is 119 cm³/mol. The standard InChI is InChI=1S/C21H22BrN3O7/c1-29-17-7-5-14(9-18(17)30-2)21(28)23-11-19(26)25-24-10-13-4-6-16(15(22)8-13)32-12-20(27)31-3/h4-10H,11-12H2,1-3H3,(H,23,28)(H,25,26)/b24-10+. The largest absolute Gasteiger partial charge is 0.493 e. The van der Waals surface area contributed by atoms with Crippen molar-refractivity contribution in [3.63, 3.8) is 0 Å².